The van der Waals surface area contributed by atoms with Crippen LogP contribution in [0.4, 0.5) is 0 Å². The standard InChI is InChI=1S/C16H25N3O2.HI/c1-17-16(19-12-14-6-3-2-4-7-14)18-9-5-10-21-15-8-11-20-13-15;/h2-4,6-7,15H,5,8-13H2,1H3,(H2,17,18,19);1H. The summed E-state index contributed by atoms with van der Waals surface area (Å²) < 4.78 is 11.0. The summed E-state index contributed by atoms with van der Waals surface area (Å²) in [7, 11) is 1.78. The van der Waals surface area contributed by atoms with Gasteiger partial charge in [0.15, 0.2) is 5.96 Å². The lowest BCUT2D eigenvalue weighted by atomic mass is 10.2. The van der Waals surface area contributed by atoms with E-state index in [0.29, 0.717) is 6.10 Å². The number of ether oxygens (including phenoxy) is 2. The van der Waals surface area contributed by atoms with Crippen LogP contribution >= 0.6 is 24.0 Å². The van der Waals surface area contributed by atoms with Crippen LogP contribution in [0.1, 0.15) is 18.4 Å². The minimum Gasteiger partial charge on any atom is -0.379 e. The molecule has 2 rings (SSSR count). The molecule has 0 bridgehead atoms. The van der Waals surface area contributed by atoms with E-state index in [4.69, 9.17) is 9.47 Å². The summed E-state index contributed by atoms with van der Waals surface area (Å²) >= 11 is 0. The first-order valence-electron chi connectivity index (χ1n) is 7.56. The molecule has 1 heterocycles. The third kappa shape index (κ3) is 7.42. The van der Waals surface area contributed by atoms with Gasteiger partial charge in [0.25, 0.3) is 0 Å². The predicted molar refractivity (Wildman–Crippen MR) is 99.9 cm³/mol. The average molecular weight is 419 g/mol. The second-order valence-corrected chi connectivity index (χ2v) is 5.05. The fourth-order valence-electron chi connectivity index (χ4n) is 2.18. The Morgan fingerprint density at radius 3 is 2.82 bits per heavy atom. The molecule has 1 aromatic rings. The number of benzene rings is 1. The molecule has 0 radical (unpaired) electrons. The van der Waals surface area contributed by atoms with Crippen molar-refractivity contribution in [2.45, 2.75) is 25.5 Å². The van der Waals surface area contributed by atoms with E-state index in [1.807, 2.05) is 18.2 Å². The second-order valence-electron chi connectivity index (χ2n) is 5.05. The molecule has 0 spiro atoms. The largest absolute Gasteiger partial charge is 0.379 e. The van der Waals surface area contributed by atoms with E-state index in [1.54, 1.807) is 7.05 Å². The molecule has 1 aromatic carbocycles. The highest BCUT2D eigenvalue weighted by atomic mass is 127. The minimum atomic E-state index is 0. The molecule has 0 aromatic heterocycles. The highest BCUT2D eigenvalue weighted by Gasteiger charge is 2.15. The van der Waals surface area contributed by atoms with Gasteiger partial charge in [-0.1, -0.05) is 30.3 Å². The number of nitrogens with zero attached hydrogens (tertiary/aromatic N) is 1. The predicted octanol–water partition coefficient (Wildman–Crippen LogP) is 2.17. The highest BCUT2D eigenvalue weighted by molar-refractivity contribution is 14.0. The Balaban J connectivity index is 0.00000242. The number of guanidine groups is 1. The first-order valence-corrected chi connectivity index (χ1v) is 7.56. The summed E-state index contributed by atoms with van der Waals surface area (Å²) in [6.07, 6.45) is 2.27. The lowest BCUT2D eigenvalue weighted by Crippen LogP contribution is -2.37. The fourth-order valence-corrected chi connectivity index (χ4v) is 2.18. The number of hydrogen-bond acceptors (Lipinski definition) is 3. The van der Waals surface area contributed by atoms with Crippen molar-refractivity contribution in [2.24, 2.45) is 4.99 Å². The number of rotatable bonds is 7. The van der Waals surface area contributed by atoms with Crippen LogP contribution in [0.3, 0.4) is 0 Å². The van der Waals surface area contributed by atoms with Crippen molar-refractivity contribution in [3.8, 4) is 0 Å². The maximum Gasteiger partial charge on any atom is 0.191 e. The van der Waals surface area contributed by atoms with Gasteiger partial charge in [0, 0.05) is 33.4 Å². The molecule has 5 nitrogen and oxygen atoms in total. The molecular formula is C16H26IN3O2. The molecular weight excluding hydrogens is 393 g/mol. The van der Waals surface area contributed by atoms with E-state index in [1.165, 1.54) is 5.56 Å². The molecule has 1 aliphatic heterocycles. The van der Waals surface area contributed by atoms with Crippen molar-refractivity contribution in [1.29, 1.82) is 0 Å². The summed E-state index contributed by atoms with van der Waals surface area (Å²) in [6.45, 7) is 3.96. The third-order valence-corrected chi connectivity index (χ3v) is 3.38. The van der Waals surface area contributed by atoms with Gasteiger partial charge in [-0.25, -0.2) is 0 Å². The van der Waals surface area contributed by atoms with E-state index in [0.717, 1.165) is 51.7 Å². The Labute approximate surface area is 149 Å². The monoisotopic (exact) mass is 419 g/mol. The average Bonchev–Trinajstić information content (AvgIpc) is 3.04. The lowest BCUT2D eigenvalue weighted by Gasteiger charge is -2.13. The molecule has 124 valence electrons. The summed E-state index contributed by atoms with van der Waals surface area (Å²) in [6, 6.07) is 10.3. The molecule has 1 saturated heterocycles. The first kappa shape index (κ1) is 19.2. The quantitative estimate of drug-likeness (QED) is 0.308. The Morgan fingerprint density at radius 1 is 1.32 bits per heavy atom. The van der Waals surface area contributed by atoms with Crippen molar-refractivity contribution in [3.05, 3.63) is 35.9 Å². The van der Waals surface area contributed by atoms with Crippen molar-refractivity contribution in [2.75, 3.05) is 33.4 Å². The van der Waals surface area contributed by atoms with E-state index >= 15 is 0 Å². The zero-order valence-electron chi connectivity index (χ0n) is 13.1. The Bertz CT molecular complexity index is 423. The Morgan fingerprint density at radius 2 is 2.14 bits per heavy atom. The van der Waals surface area contributed by atoms with Gasteiger partial charge in [-0.2, -0.15) is 0 Å². The maximum absolute atomic E-state index is 5.72. The fraction of sp³-hybridized carbons (Fsp3) is 0.562. The van der Waals surface area contributed by atoms with Crippen LogP contribution in [0.25, 0.3) is 0 Å². The Kier molecular flexibility index (Phi) is 10.2. The SMILES string of the molecule is CN=C(NCCCOC1CCOC1)NCc1ccccc1.I. The van der Waals surface area contributed by atoms with E-state index in [9.17, 15) is 0 Å². The van der Waals surface area contributed by atoms with Gasteiger partial charge in [-0.3, -0.25) is 4.99 Å². The van der Waals surface area contributed by atoms with Crippen LogP contribution in [-0.4, -0.2) is 45.5 Å². The maximum atomic E-state index is 5.72. The zero-order valence-corrected chi connectivity index (χ0v) is 15.4. The smallest absolute Gasteiger partial charge is 0.191 e. The van der Waals surface area contributed by atoms with E-state index < -0.39 is 0 Å². The zero-order chi connectivity index (χ0) is 14.8. The van der Waals surface area contributed by atoms with Crippen LogP contribution in [0.15, 0.2) is 35.3 Å². The van der Waals surface area contributed by atoms with Gasteiger partial charge in [0.1, 0.15) is 0 Å². The van der Waals surface area contributed by atoms with Crippen LogP contribution in [0.2, 0.25) is 0 Å². The van der Waals surface area contributed by atoms with Crippen LogP contribution < -0.4 is 10.6 Å². The van der Waals surface area contributed by atoms with Gasteiger partial charge >= 0.3 is 0 Å². The summed E-state index contributed by atoms with van der Waals surface area (Å²) in [4.78, 5) is 4.21. The normalized spacial score (nSPS) is 17.9. The van der Waals surface area contributed by atoms with Crippen molar-refractivity contribution < 1.29 is 9.47 Å². The Hall–Kier alpha value is -0.860. The molecule has 1 atom stereocenters. The van der Waals surface area contributed by atoms with Gasteiger partial charge in [0.05, 0.1) is 12.7 Å². The topological polar surface area (TPSA) is 54.9 Å². The second kappa shape index (κ2) is 11.7. The third-order valence-electron chi connectivity index (χ3n) is 3.38. The number of nitrogens with one attached hydrogen (secondary N) is 2. The van der Waals surface area contributed by atoms with Gasteiger partial charge in [-0.15, -0.1) is 24.0 Å². The van der Waals surface area contributed by atoms with Crippen LogP contribution in [0.5, 0.6) is 0 Å². The molecule has 1 aliphatic rings. The van der Waals surface area contributed by atoms with Gasteiger partial charge in [-0.05, 0) is 18.4 Å². The van der Waals surface area contributed by atoms with Crippen molar-refractivity contribution >= 4 is 29.9 Å². The highest BCUT2D eigenvalue weighted by Crippen LogP contribution is 2.07. The summed E-state index contributed by atoms with van der Waals surface area (Å²) in [5, 5.41) is 6.59. The molecule has 0 saturated carbocycles. The lowest BCUT2D eigenvalue weighted by molar-refractivity contribution is 0.0420. The summed E-state index contributed by atoms with van der Waals surface area (Å²) in [5.41, 5.74) is 1.24. The van der Waals surface area contributed by atoms with Crippen molar-refractivity contribution in [1.82, 2.24) is 10.6 Å². The molecule has 1 unspecified atom stereocenters. The number of aliphatic imine (C=N–C) groups is 1. The molecule has 0 aliphatic carbocycles. The van der Waals surface area contributed by atoms with Gasteiger partial charge < -0.3 is 20.1 Å². The van der Waals surface area contributed by atoms with Crippen molar-refractivity contribution in [3.63, 3.8) is 0 Å². The van der Waals surface area contributed by atoms with E-state index in [-0.39, 0.29) is 24.0 Å². The number of hydrogen-bond donors (Lipinski definition) is 2. The molecule has 2 N–H and O–H groups in total. The van der Waals surface area contributed by atoms with Crippen LogP contribution in [-0.2, 0) is 16.0 Å². The van der Waals surface area contributed by atoms with E-state index in [2.05, 4.69) is 27.8 Å². The van der Waals surface area contributed by atoms with Crippen LogP contribution in [0, 0.1) is 0 Å². The summed E-state index contributed by atoms with van der Waals surface area (Å²) in [5.74, 6) is 0.822. The van der Waals surface area contributed by atoms with Gasteiger partial charge in [0.2, 0.25) is 0 Å². The minimum absolute atomic E-state index is 0. The first-order chi connectivity index (χ1) is 10.4. The number of halogens is 1. The molecule has 22 heavy (non-hydrogen) atoms. The molecule has 1 fully saturated rings. The molecule has 0 amide bonds. The molecule has 6 heteroatoms.